The minimum atomic E-state index is -4.94. The molecule has 0 atom stereocenters. The number of carboxylic acid groups (broad SMARTS) is 1. The fourth-order valence-corrected chi connectivity index (χ4v) is 2.83. The Morgan fingerprint density at radius 1 is 0.833 bits per heavy atom. The third-order valence-electron chi connectivity index (χ3n) is 4.21. The molecule has 30 heavy (non-hydrogen) atoms. The zero-order chi connectivity index (χ0) is 21.5. The molecule has 1 heterocycles. The number of rotatable bonds is 3. The van der Waals surface area contributed by atoms with Crippen molar-refractivity contribution in [3.63, 3.8) is 0 Å². The fraction of sp³-hybridized carbons (Fsp3) is 0.611. The van der Waals surface area contributed by atoms with Gasteiger partial charge in [-0.2, -0.15) is 0 Å². The van der Waals surface area contributed by atoms with E-state index in [4.69, 9.17) is 18.6 Å². The Morgan fingerprint density at radius 2 is 1.33 bits per heavy atom. The molecule has 0 aliphatic carbocycles. The first-order valence-corrected chi connectivity index (χ1v) is 10.8. The van der Waals surface area contributed by atoms with Crippen LogP contribution in [-0.4, -0.2) is 63.2 Å². The number of carboxylic acids is 1. The summed E-state index contributed by atoms with van der Waals surface area (Å²) in [7, 11) is -4.94. The van der Waals surface area contributed by atoms with Crippen LogP contribution in [0.25, 0.3) is 0 Å². The monoisotopic (exact) mass is 490 g/mol. The van der Waals surface area contributed by atoms with Crippen molar-refractivity contribution < 1.29 is 55.3 Å². The van der Waals surface area contributed by atoms with E-state index in [2.05, 4.69) is 20.9 Å². The Morgan fingerprint density at radius 3 is 1.87 bits per heavy atom. The molecule has 0 saturated carbocycles. The summed E-state index contributed by atoms with van der Waals surface area (Å²) in [5, 5.41) is 21.2. The zero-order valence-electron chi connectivity index (χ0n) is 16.7. The number of carbonyl (C=O) groups is 1. The maximum absolute atomic E-state index is 10.8. The van der Waals surface area contributed by atoms with Crippen LogP contribution < -0.4 is 39.7 Å². The van der Waals surface area contributed by atoms with Crippen molar-refractivity contribution in [3.05, 3.63) is 35.4 Å². The predicted octanol–water partition coefficient (Wildman–Crippen LogP) is -5.34. The van der Waals surface area contributed by atoms with Gasteiger partial charge < -0.3 is 25.9 Å². The van der Waals surface area contributed by atoms with E-state index in [-0.39, 0.29) is 22.1 Å². The molecule has 0 radical (unpaired) electrons. The molecule has 1 aliphatic rings. The Bertz CT molecular complexity index is 557. The van der Waals surface area contributed by atoms with Crippen LogP contribution in [0.3, 0.4) is 0 Å². The molecular formula is C18H29ClN4NiO6. The number of hydrogen-bond donors (Lipinski definition) is 3. The summed E-state index contributed by atoms with van der Waals surface area (Å²) in [6.07, 6.45) is 2.25. The number of benzene rings is 1. The summed E-state index contributed by atoms with van der Waals surface area (Å²) >= 11 is 0. The molecule has 0 bridgehead atoms. The first-order valence-electron chi connectivity index (χ1n) is 9.52. The molecule has 1 aliphatic heterocycles. The standard InChI is InChI=1S/C18H30N4O2.ClHO4.Ni/c23-18(24)17-5-3-16(4-6-17)15-22-13-2-9-20-11-10-19-7-1-8-21-12-14-22;2-1(3,4)5;/h3-6,19-21H,1-2,7-15H2,(H,23,24);(H,2,3,4,5);/q;;+2/p-2. The number of hydrogen-bond acceptors (Lipinski definition) is 10. The molecule has 0 amide bonds. The fourth-order valence-electron chi connectivity index (χ4n) is 2.83. The topological polar surface area (TPSA) is 172 Å². The van der Waals surface area contributed by atoms with E-state index >= 15 is 0 Å². The van der Waals surface area contributed by atoms with E-state index in [9.17, 15) is 9.90 Å². The molecule has 12 heteroatoms. The molecule has 1 fully saturated rings. The second kappa shape index (κ2) is 16.8. The van der Waals surface area contributed by atoms with Crippen molar-refractivity contribution in [1.29, 1.82) is 0 Å². The Hall–Kier alpha value is -0.846. The predicted molar refractivity (Wildman–Crippen MR) is 93.9 cm³/mol. The zero-order valence-corrected chi connectivity index (χ0v) is 18.4. The normalized spacial score (nSPS) is 17.6. The van der Waals surface area contributed by atoms with Crippen LogP contribution >= 0.6 is 0 Å². The second-order valence-corrected chi connectivity index (χ2v) is 7.35. The molecule has 0 aromatic heterocycles. The summed E-state index contributed by atoms with van der Waals surface area (Å²) in [5.41, 5.74) is 1.37. The molecule has 1 saturated heterocycles. The maximum Gasteiger partial charge on any atom is 2.00 e. The molecule has 1 aromatic rings. The molecule has 10 nitrogen and oxygen atoms in total. The average molecular weight is 492 g/mol. The first-order chi connectivity index (χ1) is 13.8. The average Bonchev–Trinajstić information content (AvgIpc) is 2.64. The van der Waals surface area contributed by atoms with Gasteiger partial charge in [0.25, 0.3) is 0 Å². The molecule has 3 N–H and O–H groups in total. The van der Waals surface area contributed by atoms with E-state index in [1.165, 1.54) is 0 Å². The van der Waals surface area contributed by atoms with Crippen molar-refractivity contribution in [2.24, 2.45) is 0 Å². The molecule has 174 valence electrons. The van der Waals surface area contributed by atoms with Gasteiger partial charge >= 0.3 is 16.5 Å². The van der Waals surface area contributed by atoms with Crippen LogP contribution in [0.15, 0.2) is 24.3 Å². The van der Waals surface area contributed by atoms with Gasteiger partial charge in [-0.3, -0.25) is 4.90 Å². The third kappa shape index (κ3) is 16.9. The van der Waals surface area contributed by atoms with E-state index in [0.717, 1.165) is 77.3 Å². The SMILES string of the molecule is O=C([O-])c1ccc(CN2CCCNCCNCCCNCC2)cc1.[Ni+2].[O-][Cl+3]([O-])([O-])[O-]. The summed E-state index contributed by atoms with van der Waals surface area (Å²) < 4.78 is 34.0. The number of halogens is 1. The molecular weight excluding hydrogens is 462 g/mol. The molecule has 1 aromatic carbocycles. The minimum Gasteiger partial charge on any atom is -0.545 e. The minimum absolute atomic E-state index is 0. The van der Waals surface area contributed by atoms with Crippen LogP contribution in [0.1, 0.15) is 28.8 Å². The Labute approximate surface area is 189 Å². The van der Waals surface area contributed by atoms with Crippen LogP contribution in [-0.2, 0) is 23.0 Å². The van der Waals surface area contributed by atoms with Gasteiger partial charge in [-0.1, -0.05) is 24.3 Å². The number of carbonyl (C=O) groups excluding carboxylic acids is 1. The van der Waals surface area contributed by atoms with Crippen molar-refractivity contribution in [1.82, 2.24) is 20.9 Å². The number of nitrogens with one attached hydrogen (secondary N) is 3. The third-order valence-corrected chi connectivity index (χ3v) is 4.21. The van der Waals surface area contributed by atoms with Gasteiger partial charge in [0, 0.05) is 32.7 Å². The van der Waals surface area contributed by atoms with Crippen molar-refractivity contribution >= 4 is 5.97 Å². The summed E-state index contributed by atoms with van der Waals surface area (Å²) in [6.45, 7) is 9.00. The van der Waals surface area contributed by atoms with Crippen LogP contribution in [0, 0.1) is 10.2 Å². The molecule has 0 spiro atoms. The Balaban J connectivity index is 0.00000125. The van der Waals surface area contributed by atoms with Gasteiger partial charge in [-0.15, -0.1) is 10.2 Å². The van der Waals surface area contributed by atoms with Crippen molar-refractivity contribution in [3.8, 4) is 0 Å². The van der Waals surface area contributed by atoms with Gasteiger partial charge in [0.05, 0.1) is 5.97 Å². The summed E-state index contributed by atoms with van der Waals surface area (Å²) in [4.78, 5) is 13.3. The van der Waals surface area contributed by atoms with Gasteiger partial charge in [0.2, 0.25) is 0 Å². The maximum atomic E-state index is 10.8. The van der Waals surface area contributed by atoms with Crippen molar-refractivity contribution in [2.45, 2.75) is 19.4 Å². The first kappa shape index (κ1) is 29.2. The summed E-state index contributed by atoms with van der Waals surface area (Å²) in [5.74, 6) is -1.12. The number of nitrogens with zero attached hydrogens (tertiary/aromatic N) is 1. The quantitative estimate of drug-likeness (QED) is 0.347. The smallest absolute Gasteiger partial charge is 0.545 e. The van der Waals surface area contributed by atoms with Gasteiger partial charge in [-0.25, -0.2) is 18.6 Å². The second-order valence-electron chi connectivity index (χ2n) is 6.60. The van der Waals surface area contributed by atoms with Crippen LogP contribution in [0.4, 0.5) is 0 Å². The Kier molecular flexibility index (Phi) is 16.3. The van der Waals surface area contributed by atoms with Gasteiger partial charge in [0.15, 0.2) is 0 Å². The van der Waals surface area contributed by atoms with Gasteiger partial charge in [-0.05, 0) is 50.1 Å². The largest absolute Gasteiger partial charge is 2.00 e. The van der Waals surface area contributed by atoms with Crippen molar-refractivity contribution in [2.75, 3.05) is 52.4 Å². The van der Waals surface area contributed by atoms with Crippen LogP contribution in [0.5, 0.6) is 0 Å². The van der Waals surface area contributed by atoms with E-state index in [0.29, 0.717) is 0 Å². The molecule has 2 rings (SSSR count). The molecule has 0 unspecified atom stereocenters. The van der Waals surface area contributed by atoms with E-state index < -0.39 is 16.2 Å². The summed E-state index contributed by atoms with van der Waals surface area (Å²) in [6, 6.07) is 7.02. The van der Waals surface area contributed by atoms with Crippen LogP contribution in [0.2, 0.25) is 0 Å². The van der Waals surface area contributed by atoms with E-state index in [1.54, 1.807) is 12.1 Å². The van der Waals surface area contributed by atoms with Gasteiger partial charge in [0.1, 0.15) is 0 Å². The number of aromatic carboxylic acids is 1. The van der Waals surface area contributed by atoms with E-state index in [1.807, 2.05) is 12.1 Å².